The third kappa shape index (κ3) is 1.97. The number of carbonyl (C=O) groups is 1. The van der Waals surface area contributed by atoms with Gasteiger partial charge in [-0.25, -0.2) is 4.39 Å². The first-order chi connectivity index (χ1) is 6.78. The summed E-state index contributed by atoms with van der Waals surface area (Å²) in [4.78, 5) is 11.0. The molecule has 0 bridgehead atoms. The van der Waals surface area contributed by atoms with Crippen molar-refractivity contribution in [2.45, 2.75) is 26.2 Å². The van der Waals surface area contributed by atoms with Gasteiger partial charge in [-0.05, 0) is 26.8 Å². The van der Waals surface area contributed by atoms with E-state index in [4.69, 9.17) is 16.7 Å². The Balaban J connectivity index is 3.40. The Morgan fingerprint density at radius 1 is 1.47 bits per heavy atom. The molecule has 1 aromatic carbocycles. The van der Waals surface area contributed by atoms with E-state index in [9.17, 15) is 9.18 Å². The third-order valence-electron chi connectivity index (χ3n) is 2.53. The summed E-state index contributed by atoms with van der Waals surface area (Å²) in [7, 11) is 0. The molecule has 15 heavy (non-hydrogen) atoms. The minimum absolute atomic E-state index is 0.150. The van der Waals surface area contributed by atoms with Gasteiger partial charge in [-0.2, -0.15) is 0 Å². The molecule has 4 heteroatoms. The highest BCUT2D eigenvalue weighted by molar-refractivity contribution is 6.31. The molecule has 0 fully saturated rings. The zero-order valence-corrected chi connectivity index (χ0v) is 9.52. The van der Waals surface area contributed by atoms with Crippen LogP contribution in [0.4, 0.5) is 4.39 Å². The maximum Gasteiger partial charge on any atom is 0.313 e. The number of benzene rings is 1. The van der Waals surface area contributed by atoms with Crippen molar-refractivity contribution in [1.82, 2.24) is 0 Å². The highest BCUT2D eigenvalue weighted by atomic mass is 35.5. The summed E-state index contributed by atoms with van der Waals surface area (Å²) in [6.45, 7) is 4.45. The first-order valence-electron chi connectivity index (χ1n) is 4.47. The smallest absolute Gasteiger partial charge is 0.313 e. The Morgan fingerprint density at radius 3 is 2.47 bits per heavy atom. The number of hydrogen-bond acceptors (Lipinski definition) is 1. The van der Waals surface area contributed by atoms with Crippen molar-refractivity contribution < 1.29 is 14.3 Å². The van der Waals surface area contributed by atoms with Gasteiger partial charge in [-0.1, -0.05) is 17.7 Å². The summed E-state index contributed by atoms with van der Waals surface area (Å²) >= 11 is 5.73. The lowest BCUT2D eigenvalue weighted by atomic mass is 9.83. The molecule has 0 aliphatic rings. The van der Waals surface area contributed by atoms with Crippen molar-refractivity contribution in [3.05, 3.63) is 34.1 Å². The van der Waals surface area contributed by atoms with Gasteiger partial charge in [-0.15, -0.1) is 0 Å². The molecule has 1 N–H and O–H groups in total. The van der Waals surface area contributed by atoms with E-state index in [2.05, 4.69) is 0 Å². The Bertz CT molecular complexity index is 413. The highest BCUT2D eigenvalue weighted by Crippen LogP contribution is 2.30. The molecule has 1 rings (SSSR count). The zero-order chi connectivity index (χ0) is 11.8. The fourth-order valence-corrected chi connectivity index (χ4v) is 1.41. The van der Waals surface area contributed by atoms with Crippen molar-refractivity contribution in [3.8, 4) is 0 Å². The van der Waals surface area contributed by atoms with Gasteiger partial charge in [0.1, 0.15) is 5.82 Å². The second-order valence-electron chi connectivity index (χ2n) is 3.96. The van der Waals surface area contributed by atoms with Crippen LogP contribution < -0.4 is 0 Å². The van der Waals surface area contributed by atoms with Gasteiger partial charge < -0.3 is 5.11 Å². The van der Waals surface area contributed by atoms with Crippen LogP contribution in [0.5, 0.6) is 0 Å². The summed E-state index contributed by atoms with van der Waals surface area (Å²) < 4.78 is 13.8. The largest absolute Gasteiger partial charge is 0.481 e. The zero-order valence-electron chi connectivity index (χ0n) is 8.77. The maximum absolute atomic E-state index is 13.8. The van der Waals surface area contributed by atoms with Crippen molar-refractivity contribution in [2.75, 3.05) is 0 Å². The standard InChI is InChI=1S/C11H12ClFO2/c1-6-8(12)5-4-7(9(6)13)11(2,3)10(14)15/h4-5H,1-3H3,(H,14,15). The fourth-order valence-electron chi connectivity index (χ4n) is 1.26. The molecular formula is C11H12ClFO2. The Labute approximate surface area is 92.7 Å². The van der Waals surface area contributed by atoms with Crippen molar-refractivity contribution in [3.63, 3.8) is 0 Å². The maximum atomic E-state index is 13.8. The Kier molecular flexibility index (Phi) is 3.05. The van der Waals surface area contributed by atoms with E-state index in [1.54, 1.807) is 0 Å². The van der Waals surface area contributed by atoms with Gasteiger partial charge in [0.2, 0.25) is 0 Å². The number of carboxylic acids is 1. The SMILES string of the molecule is Cc1c(Cl)ccc(C(C)(C)C(=O)O)c1F. The lowest BCUT2D eigenvalue weighted by molar-refractivity contribution is -0.142. The predicted molar refractivity (Wildman–Crippen MR) is 56.8 cm³/mol. The summed E-state index contributed by atoms with van der Waals surface area (Å²) in [6, 6.07) is 2.93. The molecule has 1 aromatic rings. The van der Waals surface area contributed by atoms with Gasteiger partial charge in [0.25, 0.3) is 0 Å². The molecule has 0 spiro atoms. The highest BCUT2D eigenvalue weighted by Gasteiger charge is 2.32. The molecule has 0 aliphatic carbocycles. The average molecular weight is 231 g/mol. The van der Waals surface area contributed by atoms with Gasteiger partial charge in [0, 0.05) is 16.1 Å². The molecule has 0 aliphatic heterocycles. The van der Waals surface area contributed by atoms with Gasteiger partial charge in [0.05, 0.1) is 5.41 Å². The molecule has 0 saturated heterocycles. The quantitative estimate of drug-likeness (QED) is 0.848. The second kappa shape index (κ2) is 3.81. The number of hydrogen-bond donors (Lipinski definition) is 1. The monoisotopic (exact) mass is 230 g/mol. The fraction of sp³-hybridized carbons (Fsp3) is 0.364. The van der Waals surface area contributed by atoms with Crippen LogP contribution in [0.25, 0.3) is 0 Å². The molecule has 0 amide bonds. The second-order valence-corrected chi connectivity index (χ2v) is 4.37. The summed E-state index contributed by atoms with van der Waals surface area (Å²) in [5, 5.41) is 9.28. The molecule has 0 radical (unpaired) electrons. The molecular weight excluding hydrogens is 219 g/mol. The number of aliphatic carboxylic acids is 1. The van der Waals surface area contributed by atoms with Gasteiger partial charge in [-0.3, -0.25) is 4.79 Å². The molecule has 0 aromatic heterocycles. The molecule has 0 unspecified atom stereocenters. The number of carboxylic acid groups (broad SMARTS) is 1. The minimum atomic E-state index is -1.25. The lowest BCUT2D eigenvalue weighted by Crippen LogP contribution is -2.29. The summed E-state index contributed by atoms with van der Waals surface area (Å²) in [5.74, 6) is -1.61. The van der Waals surface area contributed by atoms with Crippen molar-refractivity contribution in [1.29, 1.82) is 0 Å². The average Bonchev–Trinajstić information content (AvgIpc) is 2.13. The topological polar surface area (TPSA) is 37.3 Å². The van der Waals surface area contributed by atoms with Crippen LogP contribution >= 0.6 is 11.6 Å². The Morgan fingerprint density at radius 2 is 2.00 bits per heavy atom. The van der Waals surface area contributed by atoms with Crippen LogP contribution in [0.3, 0.4) is 0 Å². The van der Waals surface area contributed by atoms with Crippen molar-refractivity contribution >= 4 is 17.6 Å². The summed E-state index contributed by atoms with van der Waals surface area (Å²) in [6.07, 6.45) is 0. The van der Waals surface area contributed by atoms with E-state index >= 15 is 0 Å². The number of halogens is 2. The normalized spacial score (nSPS) is 11.5. The van der Waals surface area contributed by atoms with Gasteiger partial charge >= 0.3 is 5.97 Å². The van der Waals surface area contributed by atoms with E-state index in [0.29, 0.717) is 5.02 Å². The minimum Gasteiger partial charge on any atom is -0.481 e. The molecule has 82 valence electrons. The van der Waals surface area contributed by atoms with Crippen LogP contribution in [0, 0.1) is 12.7 Å². The predicted octanol–water partition coefficient (Wildman–Crippen LogP) is 3.15. The Hall–Kier alpha value is -1.09. The van der Waals surface area contributed by atoms with Crippen LogP contribution in [0.15, 0.2) is 12.1 Å². The van der Waals surface area contributed by atoms with E-state index in [0.717, 1.165) is 0 Å². The third-order valence-corrected chi connectivity index (χ3v) is 2.94. The van der Waals surface area contributed by atoms with E-state index < -0.39 is 17.2 Å². The lowest BCUT2D eigenvalue weighted by Gasteiger charge is -2.21. The van der Waals surface area contributed by atoms with Gasteiger partial charge in [0.15, 0.2) is 0 Å². The van der Waals surface area contributed by atoms with E-state index in [1.165, 1.54) is 32.9 Å². The van der Waals surface area contributed by atoms with E-state index in [-0.39, 0.29) is 11.1 Å². The summed E-state index contributed by atoms with van der Waals surface area (Å²) in [5.41, 5.74) is -0.820. The molecule has 0 heterocycles. The van der Waals surface area contributed by atoms with Crippen LogP contribution in [0.1, 0.15) is 25.0 Å². The van der Waals surface area contributed by atoms with Crippen LogP contribution in [-0.2, 0) is 10.2 Å². The van der Waals surface area contributed by atoms with E-state index in [1.807, 2.05) is 0 Å². The van der Waals surface area contributed by atoms with Crippen molar-refractivity contribution in [2.24, 2.45) is 0 Å². The van der Waals surface area contributed by atoms with Crippen LogP contribution in [-0.4, -0.2) is 11.1 Å². The molecule has 0 saturated carbocycles. The molecule has 0 atom stereocenters. The van der Waals surface area contributed by atoms with Crippen LogP contribution in [0.2, 0.25) is 5.02 Å². The molecule has 2 nitrogen and oxygen atoms in total. The first-order valence-corrected chi connectivity index (χ1v) is 4.84. The number of rotatable bonds is 2. The first kappa shape index (κ1) is 12.0.